The Hall–Kier alpha value is -2.40. The predicted octanol–water partition coefficient (Wildman–Crippen LogP) is 2.48. The summed E-state index contributed by atoms with van der Waals surface area (Å²) in [6, 6.07) is 11.3. The van der Waals surface area contributed by atoms with E-state index < -0.39 is 0 Å². The van der Waals surface area contributed by atoms with Crippen LogP contribution in [0.3, 0.4) is 0 Å². The summed E-state index contributed by atoms with van der Waals surface area (Å²) in [6.07, 6.45) is 1.72. The highest BCUT2D eigenvalue weighted by atomic mass is 16.5. The van der Waals surface area contributed by atoms with Crippen LogP contribution in [0.4, 0.5) is 11.5 Å². The molecule has 1 fully saturated rings. The van der Waals surface area contributed by atoms with E-state index in [0.717, 1.165) is 30.2 Å². The van der Waals surface area contributed by atoms with Crippen molar-refractivity contribution in [1.29, 1.82) is 0 Å². The second-order valence-corrected chi connectivity index (χ2v) is 5.29. The Morgan fingerprint density at radius 1 is 1.18 bits per heavy atom. The number of hydrogen-bond acceptors (Lipinski definition) is 4. The van der Waals surface area contributed by atoms with Crippen LogP contribution in [-0.4, -0.2) is 37.2 Å². The second-order valence-electron chi connectivity index (χ2n) is 5.29. The molecule has 114 valence electrons. The fraction of sp³-hybridized carbons (Fsp3) is 0.294. The summed E-state index contributed by atoms with van der Waals surface area (Å²) in [6.45, 7) is 4.85. The van der Waals surface area contributed by atoms with Gasteiger partial charge in [0.2, 0.25) is 0 Å². The Labute approximate surface area is 129 Å². The number of nitrogens with zero attached hydrogens (tertiary/aromatic N) is 2. The van der Waals surface area contributed by atoms with E-state index in [4.69, 9.17) is 4.74 Å². The number of rotatable bonds is 3. The summed E-state index contributed by atoms with van der Waals surface area (Å²) in [5, 5.41) is 2.93. The van der Waals surface area contributed by atoms with Gasteiger partial charge in [-0.1, -0.05) is 17.7 Å². The molecule has 1 aliphatic heterocycles. The maximum Gasteiger partial charge on any atom is 0.259 e. The molecule has 5 heteroatoms. The molecule has 0 atom stereocenters. The van der Waals surface area contributed by atoms with Crippen LogP contribution in [0.25, 0.3) is 0 Å². The van der Waals surface area contributed by atoms with Crippen LogP contribution < -0.4 is 10.2 Å². The van der Waals surface area contributed by atoms with E-state index in [1.807, 2.05) is 31.2 Å². The van der Waals surface area contributed by atoms with Gasteiger partial charge in [0.05, 0.1) is 18.8 Å². The van der Waals surface area contributed by atoms with Crippen LogP contribution in [0.5, 0.6) is 0 Å². The van der Waals surface area contributed by atoms with E-state index in [9.17, 15) is 4.79 Å². The van der Waals surface area contributed by atoms with Crippen molar-refractivity contribution < 1.29 is 9.53 Å². The first kappa shape index (κ1) is 14.5. The predicted molar refractivity (Wildman–Crippen MR) is 86.4 cm³/mol. The van der Waals surface area contributed by atoms with Crippen molar-refractivity contribution in [2.45, 2.75) is 6.92 Å². The van der Waals surface area contributed by atoms with Crippen LogP contribution in [0.2, 0.25) is 0 Å². The molecule has 0 unspecified atom stereocenters. The van der Waals surface area contributed by atoms with Crippen molar-refractivity contribution in [3.63, 3.8) is 0 Å². The molecule has 1 saturated heterocycles. The van der Waals surface area contributed by atoms with Gasteiger partial charge in [0.25, 0.3) is 5.91 Å². The molecule has 1 aromatic heterocycles. The summed E-state index contributed by atoms with van der Waals surface area (Å²) < 4.78 is 5.36. The summed E-state index contributed by atoms with van der Waals surface area (Å²) >= 11 is 0. The van der Waals surface area contributed by atoms with E-state index in [1.165, 1.54) is 0 Å². The van der Waals surface area contributed by atoms with Gasteiger partial charge in [-0.3, -0.25) is 4.79 Å². The van der Waals surface area contributed by atoms with Crippen molar-refractivity contribution in [3.05, 3.63) is 53.7 Å². The molecule has 1 amide bonds. The number of aryl methyl sites for hydroxylation is 1. The van der Waals surface area contributed by atoms with Crippen LogP contribution >= 0.6 is 0 Å². The van der Waals surface area contributed by atoms with Crippen LogP contribution in [0.1, 0.15) is 15.9 Å². The van der Waals surface area contributed by atoms with Crippen molar-refractivity contribution in [2.24, 2.45) is 0 Å². The SMILES string of the molecule is Cc1ccc(NC(=O)c2cccnc2N2CCOCC2)cc1. The number of amides is 1. The van der Waals surface area contributed by atoms with Gasteiger partial charge in [-0.15, -0.1) is 0 Å². The number of benzene rings is 1. The van der Waals surface area contributed by atoms with Crippen LogP contribution in [0, 0.1) is 6.92 Å². The maximum absolute atomic E-state index is 12.6. The van der Waals surface area contributed by atoms with Gasteiger partial charge in [0.1, 0.15) is 5.82 Å². The Balaban J connectivity index is 1.81. The average molecular weight is 297 g/mol. The molecule has 2 aromatic rings. The molecule has 0 radical (unpaired) electrons. The Bertz CT molecular complexity index is 649. The lowest BCUT2D eigenvalue weighted by Crippen LogP contribution is -2.38. The number of pyridine rings is 1. The van der Waals surface area contributed by atoms with Gasteiger partial charge in [-0.25, -0.2) is 4.98 Å². The van der Waals surface area contributed by atoms with Crippen molar-refractivity contribution in [3.8, 4) is 0 Å². The number of nitrogens with one attached hydrogen (secondary N) is 1. The minimum atomic E-state index is -0.140. The molecule has 0 spiro atoms. The Morgan fingerprint density at radius 2 is 1.91 bits per heavy atom. The lowest BCUT2D eigenvalue weighted by molar-refractivity contribution is 0.102. The summed E-state index contributed by atoms with van der Waals surface area (Å²) in [5.74, 6) is 0.578. The third kappa shape index (κ3) is 3.26. The molecule has 1 N–H and O–H groups in total. The number of carbonyl (C=O) groups excluding carboxylic acids is 1. The fourth-order valence-electron chi connectivity index (χ4n) is 2.44. The van der Waals surface area contributed by atoms with E-state index in [-0.39, 0.29) is 5.91 Å². The van der Waals surface area contributed by atoms with Gasteiger partial charge in [0, 0.05) is 25.0 Å². The fourth-order valence-corrected chi connectivity index (χ4v) is 2.44. The third-order valence-corrected chi connectivity index (χ3v) is 3.65. The zero-order valence-corrected chi connectivity index (χ0v) is 12.6. The first-order valence-corrected chi connectivity index (χ1v) is 7.40. The Morgan fingerprint density at radius 3 is 2.64 bits per heavy atom. The minimum Gasteiger partial charge on any atom is -0.378 e. The maximum atomic E-state index is 12.6. The second kappa shape index (κ2) is 6.58. The number of anilines is 2. The van der Waals surface area contributed by atoms with Gasteiger partial charge >= 0.3 is 0 Å². The van der Waals surface area contributed by atoms with Crippen molar-refractivity contribution >= 4 is 17.4 Å². The largest absolute Gasteiger partial charge is 0.378 e. The lowest BCUT2D eigenvalue weighted by atomic mass is 10.2. The molecule has 0 saturated carbocycles. The topological polar surface area (TPSA) is 54.5 Å². The van der Waals surface area contributed by atoms with Crippen LogP contribution in [-0.2, 0) is 4.74 Å². The van der Waals surface area contributed by atoms with E-state index >= 15 is 0 Å². The third-order valence-electron chi connectivity index (χ3n) is 3.65. The summed E-state index contributed by atoms with van der Waals surface area (Å²) in [7, 11) is 0. The standard InChI is InChI=1S/C17H19N3O2/c1-13-4-6-14(7-5-13)19-17(21)15-3-2-8-18-16(15)20-9-11-22-12-10-20/h2-8H,9-12H2,1H3,(H,19,21). The smallest absolute Gasteiger partial charge is 0.259 e. The first-order chi connectivity index (χ1) is 10.7. The van der Waals surface area contributed by atoms with Gasteiger partial charge < -0.3 is 15.0 Å². The highest BCUT2D eigenvalue weighted by Crippen LogP contribution is 2.20. The van der Waals surface area contributed by atoms with Gasteiger partial charge in [0.15, 0.2) is 0 Å². The Kier molecular flexibility index (Phi) is 4.34. The summed E-state index contributed by atoms with van der Waals surface area (Å²) in [4.78, 5) is 19.0. The molecule has 0 aliphatic carbocycles. The number of carbonyl (C=O) groups is 1. The van der Waals surface area contributed by atoms with Crippen molar-refractivity contribution in [2.75, 3.05) is 36.5 Å². The van der Waals surface area contributed by atoms with E-state index in [2.05, 4.69) is 15.2 Å². The highest BCUT2D eigenvalue weighted by Gasteiger charge is 2.19. The minimum absolute atomic E-state index is 0.140. The summed E-state index contributed by atoms with van der Waals surface area (Å²) in [5.41, 5.74) is 2.53. The molecule has 0 bridgehead atoms. The van der Waals surface area contributed by atoms with Gasteiger partial charge in [-0.2, -0.15) is 0 Å². The van der Waals surface area contributed by atoms with E-state index in [0.29, 0.717) is 18.8 Å². The average Bonchev–Trinajstić information content (AvgIpc) is 2.58. The van der Waals surface area contributed by atoms with Crippen LogP contribution in [0.15, 0.2) is 42.6 Å². The zero-order chi connectivity index (χ0) is 15.4. The lowest BCUT2D eigenvalue weighted by Gasteiger charge is -2.29. The van der Waals surface area contributed by atoms with E-state index in [1.54, 1.807) is 18.3 Å². The highest BCUT2D eigenvalue weighted by molar-refractivity contribution is 6.07. The van der Waals surface area contributed by atoms with Crippen molar-refractivity contribution in [1.82, 2.24) is 4.98 Å². The molecular formula is C17H19N3O2. The zero-order valence-electron chi connectivity index (χ0n) is 12.6. The first-order valence-electron chi connectivity index (χ1n) is 7.40. The molecule has 3 rings (SSSR count). The molecule has 1 aliphatic rings. The monoisotopic (exact) mass is 297 g/mol. The molecule has 2 heterocycles. The quantitative estimate of drug-likeness (QED) is 0.945. The number of aromatic nitrogens is 1. The molecule has 1 aromatic carbocycles. The molecule has 22 heavy (non-hydrogen) atoms. The number of hydrogen-bond donors (Lipinski definition) is 1. The number of ether oxygens (including phenoxy) is 1. The normalized spacial score (nSPS) is 14.7. The molecule has 5 nitrogen and oxygen atoms in total. The van der Waals surface area contributed by atoms with Gasteiger partial charge in [-0.05, 0) is 31.2 Å². The molecular weight excluding hydrogens is 278 g/mol. The number of morpholine rings is 1.